The van der Waals surface area contributed by atoms with Crippen LogP contribution in [0.2, 0.25) is 0 Å². The van der Waals surface area contributed by atoms with Crippen LogP contribution in [-0.4, -0.2) is 4.98 Å². The molecule has 2 heterocycles. The molecule has 0 bridgehead atoms. The number of fused-ring (bicyclic) bond motifs is 1. The van der Waals surface area contributed by atoms with Gasteiger partial charge in [0.25, 0.3) is 0 Å². The summed E-state index contributed by atoms with van der Waals surface area (Å²) in [6.45, 7) is 0. The van der Waals surface area contributed by atoms with Crippen LogP contribution in [0, 0.1) is 5.82 Å². The number of nitrogens with zero attached hydrogens (tertiary/aromatic N) is 1. The van der Waals surface area contributed by atoms with E-state index in [0.717, 1.165) is 11.6 Å². The molecule has 0 aliphatic carbocycles. The first-order chi connectivity index (χ1) is 8.25. The van der Waals surface area contributed by atoms with Gasteiger partial charge in [0.15, 0.2) is 0 Å². The van der Waals surface area contributed by atoms with Gasteiger partial charge in [-0.3, -0.25) is 0 Å². The average Bonchev–Trinajstić information content (AvgIpc) is 2.80. The van der Waals surface area contributed by atoms with Gasteiger partial charge in [-0.25, -0.2) is 9.37 Å². The highest BCUT2D eigenvalue weighted by Gasteiger charge is 2.11. The summed E-state index contributed by atoms with van der Waals surface area (Å²) < 4.78 is 19.1. The zero-order valence-corrected chi connectivity index (χ0v) is 8.85. The Hall–Kier alpha value is -2.36. The Labute approximate surface area is 96.7 Å². The molecule has 4 heteroatoms. The largest absolute Gasteiger partial charge is 0.464 e. The summed E-state index contributed by atoms with van der Waals surface area (Å²) in [5, 5.41) is 0.928. The number of anilines is 1. The molecular formula is C13H9FN2O. The Balaban J connectivity index is 2.34. The molecule has 17 heavy (non-hydrogen) atoms. The summed E-state index contributed by atoms with van der Waals surface area (Å²) in [7, 11) is 0. The van der Waals surface area contributed by atoms with Crippen molar-refractivity contribution in [3.63, 3.8) is 0 Å². The third-order valence-electron chi connectivity index (χ3n) is 2.65. The van der Waals surface area contributed by atoms with Gasteiger partial charge >= 0.3 is 0 Å². The van der Waals surface area contributed by atoms with Gasteiger partial charge in [-0.05, 0) is 12.1 Å². The Kier molecular flexibility index (Phi) is 2.08. The normalized spacial score (nSPS) is 10.9. The number of nitrogen functional groups attached to an aromatic ring is 1. The molecular weight excluding hydrogens is 219 g/mol. The van der Waals surface area contributed by atoms with Crippen molar-refractivity contribution in [1.29, 1.82) is 0 Å². The number of halogens is 1. The van der Waals surface area contributed by atoms with E-state index in [0.29, 0.717) is 16.7 Å². The van der Waals surface area contributed by atoms with Crippen LogP contribution >= 0.6 is 0 Å². The van der Waals surface area contributed by atoms with Crippen LogP contribution in [0.3, 0.4) is 0 Å². The molecule has 1 aromatic carbocycles. The Morgan fingerprint density at radius 3 is 2.94 bits per heavy atom. The number of aromatic nitrogens is 1. The van der Waals surface area contributed by atoms with Crippen molar-refractivity contribution >= 4 is 16.8 Å². The van der Waals surface area contributed by atoms with E-state index >= 15 is 0 Å². The fourth-order valence-corrected chi connectivity index (χ4v) is 1.87. The minimum absolute atomic E-state index is 0.282. The number of para-hydroxylation sites is 1. The topological polar surface area (TPSA) is 52.0 Å². The lowest BCUT2D eigenvalue weighted by Crippen LogP contribution is -1.93. The SMILES string of the molecule is Nc1cc(-c2cccc3ccoc23)c(F)cn1. The van der Waals surface area contributed by atoms with E-state index in [1.54, 1.807) is 12.3 Å². The molecule has 3 rings (SSSR count). The molecule has 3 aromatic rings. The third kappa shape index (κ3) is 1.54. The maximum atomic E-state index is 13.7. The number of hydrogen-bond donors (Lipinski definition) is 1. The van der Waals surface area contributed by atoms with Crippen molar-refractivity contribution in [2.24, 2.45) is 0 Å². The van der Waals surface area contributed by atoms with E-state index in [-0.39, 0.29) is 5.82 Å². The minimum atomic E-state index is -0.414. The Morgan fingerprint density at radius 1 is 1.18 bits per heavy atom. The fourth-order valence-electron chi connectivity index (χ4n) is 1.87. The smallest absolute Gasteiger partial charge is 0.149 e. The Bertz CT molecular complexity index is 691. The second-order valence-corrected chi connectivity index (χ2v) is 3.73. The predicted octanol–water partition coefficient (Wildman–Crippen LogP) is 3.22. The van der Waals surface area contributed by atoms with E-state index in [2.05, 4.69) is 4.98 Å². The molecule has 0 unspecified atom stereocenters. The van der Waals surface area contributed by atoms with Gasteiger partial charge in [0, 0.05) is 16.5 Å². The van der Waals surface area contributed by atoms with Crippen molar-refractivity contribution in [2.75, 3.05) is 5.73 Å². The van der Waals surface area contributed by atoms with Crippen molar-refractivity contribution in [1.82, 2.24) is 4.98 Å². The number of benzene rings is 1. The van der Waals surface area contributed by atoms with Crippen molar-refractivity contribution < 1.29 is 8.81 Å². The van der Waals surface area contributed by atoms with E-state index in [4.69, 9.17) is 10.2 Å². The Morgan fingerprint density at radius 2 is 2.06 bits per heavy atom. The number of rotatable bonds is 1. The van der Waals surface area contributed by atoms with E-state index < -0.39 is 5.82 Å². The lowest BCUT2D eigenvalue weighted by atomic mass is 10.0. The monoisotopic (exact) mass is 228 g/mol. The molecule has 84 valence electrons. The first kappa shape index (κ1) is 9.84. The number of hydrogen-bond acceptors (Lipinski definition) is 3. The fraction of sp³-hybridized carbons (Fsp3) is 0. The van der Waals surface area contributed by atoms with Gasteiger partial charge in [0.05, 0.1) is 12.5 Å². The van der Waals surface area contributed by atoms with Gasteiger partial charge in [-0.1, -0.05) is 18.2 Å². The average molecular weight is 228 g/mol. The quantitative estimate of drug-likeness (QED) is 0.695. The second-order valence-electron chi connectivity index (χ2n) is 3.73. The molecule has 0 saturated heterocycles. The van der Waals surface area contributed by atoms with Crippen molar-refractivity contribution in [3.05, 3.63) is 48.6 Å². The molecule has 0 amide bonds. The summed E-state index contributed by atoms with van der Waals surface area (Å²) in [4.78, 5) is 3.70. The number of nitrogens with two attached hydrogens (primary N) is 1. The maximum absolute atomic E-state index is 13.7. The van der Waals surface area contributed by atoms with Gasteiger partial charge < -0.3 is 10.2 Å². The summed E-state index contributed by atoms with van der Waals surface area (Å²) in [5.74, 6) is -0.131. The van der Waals surface area contributed by atoms with Crippen LogP contribution in [0.5, 0.6) is 0 Å². The molecule has 3 nitrogen and oxygen atoms in total. The predicted molar refractivity (Wildman–Crippen MR) is 63.8 cm³/mol. The minimum Gasteiger partial charge on any atom is -0.464 e. The van der Waals surface area contributed by atoms with E-state index in [9.17, 15) is 4.39 Å². The number of pyridine rings is 1. The first-order valence-electron chi connectivity index (χ1n) is 5.13. The van der Waals surface area contributed by atoms with Crippen LogP contribution in [-0.2, 0) is 0 Å². The third-order valence-corrected chi connectivity index (χ3v) is 2.65. The molecule has 0 aliphatic heterocycles. The van der Waals surface area contributed by atoms with Crippen LogP contribution in [0.1, 0.15) is 0 Å². The van der Waals surface area contributed by atoms with Crippen LogP contribution in [0.4, 0.5) is 10.2 Å². The highest BCUT2D eigenvalue weighted by atomic mass is 19.1. The summed E-state index contributed by atoms with van der Waals surface area (Å²) in [6, 6.07) is 8.89. The molecule has 2 N–H and O–H groups in total. The zero-order valence-electron chi connectivity index (χ0n) is 8.85. The number of furan rings is 1. The lowest BCUT2D eigenvalue weighted by molar-refractivity contribution is 0.612. The zero-order chi connectivity index (χ0) is 11.8. The molecule has 0 fully saturated rings. The summed E-state index contributed by atoms with van der Waals surface area (Å²) in [6.07, 6.45) is 2.70. The van der Waals surface area contributed by atoms with Gasteiger partial charge in [-0.2, -0.15) is 0 Å². The molecule has 0 spiro atoms. The maximum Gasteiger partial charge on any atom is 0.149 e. The molecule has 0 radical (unpaired) electrons. The van der Waals surface area contributed by atoms with Crippen molar-refractivity contribution in [2.45, 2.75) is 0 Å². The molecule has 0 aliphatic rings. The lowest BCUT2D eigenvalue weighted by Gasteiger charge is -2.04. The summed E-state index contributed by atoms with van der Waals surface area (Å²) >= 11 is 0. The standard InChI is InChI=1S/C13H9FN2O/c14-11-7-16-12(15)6-10(11)9-3-1-2-8-4-5-17-13(8)9/h1-7H,(H2,15,16). The van der Waals surface area contributed by atoms with Gasteiger partial charge in [0.2, 0.25) is 0 Å². The molecule has 0 saturated carbocycles. The molecule has 2 aromatic heterocycles. The second kappa shape index (κ2) is 3.59. The summed E-state index contributed by atoms with van der Waals surface area (Å²) in [5.41, 5.74) is 7.31. The first-order valence-corrected chi connectivity index (χ1v) is 5.13. The van der Waals surface area contributed by atoms with Crippen molar-refractivity contribution in [3.8, 4) is 11.1 Å². The highest BCUT2D eigenvalue weighted by molar-refractivity contribution is 5.92. The van der Waals surface area contributed by atoms with E-state index in [1.807, 2.05) is 18.2 Å². The van der Waals surface area contributed by atoms with Crippen LogP contribution < -0.4 is 5.73 Å². The van der Waals surface area contributed by atoms with Gasteiger partial charge in [0.1, 0.15) is 17.2 Å². The van der Waals surface area contributed by atoms with Gasteiger partial charge in [-0.15, -0.1) is 0 Å². The van der Waals surface area contributed by atoms with Crippen LogP contribution in [0.25, 0.3) is 22.1 Å². The molecule has 0 atom stereocenters. The highest BCUT2D eigenvalue weighted by Crippen LogP contribution is 2.31. The van der Waals surface area contributed by atoms with Crippen LogP contribution in [0.15, 0.2) is 47.2 Å². The van der Waals surface area contributed by atoms with E-state index in [1.165, 1.54) is 6.07 Å².